The number of hydrogen-bond acceptors (Lipinski definition) is 2. The van der Waals surface area contributed by atoms with E-state index in [-0.39, 0.29) is 0 Å². The minimum Gasteiger partial charge on any atom is -0.316 e. The summed E-state index contributed by atoms with van der Waals surface area (Å²) in [6.07, 6.45) is 2.36. The molecule has 0 aromatic heterocycles. The highest BCUT2D eigenvalue weighted by Crippen LogP contribution is 2.22. The number of hydrogen-bond donors (Lipinski definition) is 2. The van der Waals surface area contributed by atoms with Crippen LogP contribution in [0.25, 0.3) is 0 Å². The van der Waals surface area contributed by atoms with E-state index in [0.29, 0.717) is 25.4 Å². The lowest BCUT2D eigenvalue weighted by molar-refractivity contribution is 0.110. The van der Waals surface area contributed by atoms with E-state index in [9.17, 15) is 4.39 Å². The van der Waals surface area contributed by atoms with Crippen LogP contribution in [0.15, 0.2) is 0 Å². The molecular formula is C10H21FN2. The quantitative estimate of drug-likeness (QED) is 0.698. The molecule has 1 aliphatic rings. The molecule has 1 rings (SSSR count). The fourth-order valence-corrected chi connectivity index (χ4v) is 1.55. The van der Waals surface area contributed by atoms with Crippen molar-refractivity contribution in [2.24, 2.45) is 0 Å². The molecule has 0 aliphatic carbocycles. The first kappa shape index (κ1) is 10.9. The summed E-state index contributed by atoms with van der Waals surface area (Å²) >= 11 is 0. The van der Waals surface area contributed by atoms with Crippen LogP contribution in [0.5, 0.6) is 0 Å². The van der Waals surface area contributed by atoms with E-state index in [1.165, 1.54) is 0 Å². The molecule has 0 radical (unpaired) electrons. The zero-order valence-electron chi connectivity index (χ0n) is 8.70. The Morgan fingerprint density at radius 2 is 2.08 bits per heavy atom. The number of alkyl halides is 1. The third-order valence-corrected chi connectivity index (χ3v) is 2.88. The van der Waals surface area contributed by atoms with Crippen LogP contribution in [-0.4, -0.2) is 31.3 Å². The zero-order chi connectivity index (χ0) is 9.73. The fourth-order valence-electron chi connectivity index (χ4n) is 1.55. The maximum atomic E-state index is 14.0. The Balaban J connectivity index is 2.24. The molecule has 0 amide bonds. The molecule has 3 heteroatoms. The van der Waals surface area contributed by atoms with Crippen LogP contribution in [0.1, 0.15) is 33.1 Å². The van der Waals surface area contributed by atoms with Gasteiger partial charge in [0.2, 0.25) is 0 Å². The van der Waals surface area contributed by atoms with Crippen molar-refractivity contribution in [1.82, 2.24) is 10.6 Å². The van der Waals surface area contributed by atoms with Gasteiger partial charge >= 0.3 is 0 Å². The third kappa shape index (κ3) is 3.61. The summed E-state index contributed by atoms with van der Waals surface area (Å²) in [6, 6.07) is 0.433. The number of nitrogens with one attached hydrogen (secondary N) is 2. The van der Waals surface area contributed by atoms with Crippen molar-refractivity contribution >= 4 is 0 Å². The van der Waals surface area contributed by atoms with Crippen molar-refractivity contribution in [1.29, 1.82) is 0 Å². The molecule has 2 nitrogen and oxygen atoms in total. The van der Waals surface area contributed by atoms with Crippen molar-refractivity contribution < 1.29 is 4.39 Å². The van der Waals surface area contributed by atoms with Crippen LogP contribution < -0.4 is 10.6 Å². The molecule has 1 heterocycles. The summed E-state index contributed by atoms with van der Waals surface area (Å²) in [5, 5.41) is 6.41. The van der Waals surface area contributed by atoms with Gasteiger partial charge in [-0.2, -0.15) is 0 Å². The molecule has 78 valence electrons. The molecule has 0 aromatic rings. The predicted molar refractivity (Wildman–Crippen MR) is 53.7 cm³/mol. The highest BCUT2D eigenvalue weighted by Gasteiger charge is 2.31. The molecule has 1 atom stereocenters. The van der Waals surface area contributed by atoms with E-state index in [1.807, 2.05) is 0 Å². The van der Waals surface area contributed by atoms with Gasteiger partial charge in [-0.3, -0.25) is 0 Å². The summed E-state index contributed by atoms with van der Waals surface area (Å²) in [6.45, 7) is 6.37. The Kier molecular flexibility index (Phi) is 4.13. The minimum atomic E-state index is -0.964. The topological polar surface area (TPSA) is 24.1 Å². The average Bonchev–Trinajstić information content (AvgIpc) is 2.15. The van der Waals surface area contributed by atoms with E-state index < -0.39 is 5.67 Å². The molecule has 0 spiro atoms. The Bertz CT molecular complexity index is 144. The van der Waals surface area contributed by atoms with Crippen LogP contribution in [0.3, 0.4) is 0 Å². The number of rotatable bonds is 4. The summed E-state index contributed by atoms with van der Waals surface area (Å²) in [7, 11) is 0. The van der Waals surface area contributed by atoms with Gasteiger partial charge < -0.3 is 10.6 Å². The fraction of sp³-hybridized carbons (Fsp3) is 1.00. The van der Waals surface area contributed by atoms with Gasteiger partial charge in [0.05, 0.1) is 0 Å². The number of piperidine rings is 1. The van der Waals surface area contributed by atoms with Crippen LogP contribution in [0, 0.1) is 0 Å². The molecule has 13 heavy (non-hydrogen) atoms. The van der Waals surface area contributed by atoms with Gasteiger partial charge in [-0.05, 0) is 39.3 Å². The van der Waals surface area contributed by atoms with E-state index in [2.05, 4.69) is 24.5 Å². The average molecular weight is 188 g/mol. The van der Waals surface area contributed by atoms with Crippen molar-refractivity contribution in [3.8, 4) is 0 Å². The number of halogens is 1. The lowest BCUT2D eigenvalue weighted by atomic mass is 9.94. The molecule has 1 aliphatic heterocycles. The standard InChI is InChI=1S/C10H21FN2/c1-3-9(2)13-8-10(11)4-6-12-7-5-10/h9,12-13H,3-8H2,1-2H3. The second kappa shape index (κ2) is 4.91. The van der Waals surface area contributed by atoms with Crippen LogP contribution in [0.2, 0.25) is 0 Å². The van der Waals surface area contributed by atoms with Crippen LogP contribution in [0.4, 0.5) is 4.39 Å². The van der Waals surface area contributed by atoms with Gasteiger partial charge in [-0.15, -0.1) is 0 Å². The molecule has 0 bridgehead atoms. The van der Waals surface area contributed by atoms with Gasteiger partial charge in [0, 0.05) is 12.6 Å². The monoisotopic (exact) mass is 188 g/mol. The molecule has 1 fully saturated rings. The Morgan fingerprint density at radius 3 is 2.62 bits per heavy atom. The van der Waals surface area contributed by atoms with E-state index in [0.717, 1.165) is 19.5 Å². The summed E-state index contributed by atoms with van der Waals surface area (Å²) < 4.78 is 14.0. The molecule has 1 saturated heterocycles. The first-order valence-electron chi connectivity index (χ1n) is 5.29. The van der Waals surface area contributed by atoms with E-state index in [1.54, 1.807) is 0 Å². The normalized spacial score (nSPS) is 24.2. The third-order valence-electron chi connectivity index (χ3n) is 2.88. The van der Waals surface area contributed by atoms with Crippen LogP contribution >= 0.6 is 0 Å². The zero-order valence-corrected chi connectivity index (χ0v) is 8.70. The summed E-state index contributed by atoms with van der Waals surface area (Å²) in [5.41, 5.74) is -0.964. The molecule has 0 aromatic carbocycles. The second-order valence-corrected chi connectivity index (χ2v) is 4.09. The highest BCUT2D eigenvalue weighted by atomic mass is 19.1. The summed E-state index contributed by atoms with van der Waals surface area (Å²) in [4.78, 5) is 0. The van der Waals surface area contributed by atoms with Crippen molar-refractivity contribution in [3.05, 3.63) is 0 Å². The van der Waals surface area contributed by atoms with Crippen molar-refractivity contribution in [2.75, 3.05) is 19.6 Å². The highest BCUT2D eigenvalue weighted by molar-refractivity contribution is 4.87. The maximum absolute atomic E-state index is 14.0. The Labute approximate surface area is 80.3 Å². The van der Waals surface area contributed by atoms with Gasteiger partial charge in [0.15, 0.2) is 0 Å². The van der Waals surface area contributed by atoms with Gasteiger partial charge in [0.25, 0.3) is 0 Å². The van der Waals surface area contributed by atoms with Gasteiger partial charge in [-0.1, -0.05) is 6.92 Å². The predicted octanol–water partition coefficient (Wildman–Crippen LogP) is 1.47. The minimum absolute atomic E-state index is 0.433. The van der Waals surface area contributed by atoms with Crippen LogP contribution in [-0.2, 0) is 0 Å². The first-order valence-corrected chi connectivity index (χ1v) is 5.29. The lowest BCUT2D eigenvalue weighted by Crippen LogP contribution is -2.47. The van der Waals surface area contributed by atoms with Gasteiger partial charge in [0.1, 0.15) is 5.67 Å². The molecule has 2 N–H and O–H groups in total. The van der Waals surface area contributed by atoms with Crippen molar-refractivity contribution in [3.63, 3.8) is 0 Å². The maximum Gasteiger partial charge on any atom is 0.125 e. The van der Waals surface area contributed by atoms with E-state index in [4.69, 9.17) is 0 Å². The second-order valence-electron chi connectivity index (χ2n) is 4.09. The molecule has 1 unspecified atom stereocenters. The molecular weight excluding hydrogens is 167 g/mol. The molecule has 0 saturated carbocycles. The SMILES string of the molecule is CCC(C)NCC1(F)CCNCC1. The smallest absolute Gasteiger partial charge is 0.125 e. The largest absolute Gasteiger partial charge is 0.316 e. The lowest BCUT2D eigenvalue weighted by Gasteiger charge is -2.31. The first-order chi connectivity index (χ1) is 6.16. The van der Waals surface area contributed by atoms with Gasteiger partial charge in [-0.25, -0.2) is 4.39 Å². The Hall–Kier alpha value is -0.150. The van der Waals surface area contributed by atoms with Crippen molar-refractivity contribution in [2.45, 2.75) is 44.8 Å². The van der Waals surface area contributed by atoms with E-state index >= 15 is 0 Å². The Morgan fingerprint density at radius 1 is 1.46 bits per heavy atom. The summed E-state index contributed by atoms with van der Waals surface area (Å²) in [5.74, 6) is 0.